The molecule has 1 N–H and O–H groups in total. The van der Waals surface area contributed by atoms with E-state index in [2.05, 4.69) is 33.8 Å². The molecule has 0 aliphatic carbocycles. The van der Waals surface area contributed by atoms with Crippen LogP contribution in [0.5, 0.6) is 0 Å². The summed E-state index contributed by atoms with van der Waals surface area (Å²) in [5.41, 5.74) is 2.75. The normalized spacial score (nSPS) is 14.6. The maximum absolute atomic E-state index is 12.0. The van der Waals surface area contributed by atoms with Crippen LogP contribution in [-0.4, -0.2) is 30.2 Å². The number of carboxylic acid groups (broad SMARTS) is 1. The van der Waals surface area contributed by atoms with Crippen LogP contribution in [0.2, 0.25) is 0 Å². The van der Waals surface area contributed by atoms with Crippen LogP contribution in [0.1, 0.15) is 103 Å². The topological polar surface area (TPSA) is 46.5 Å². The molecule has 5 heteroatoms. The minimum atomic E-state index is -2.63. The Labute approximate surface area is 200 Å². The first-order valence-corrected chi connectivity index (χ1v) is 12.0. The molecule has 0 saturated carbocycles. The molecule has 0 spiro atoms. The Kier molecular flexibility index (Phi) is 19.6. The predicted molar refractivity (Wildman–Crippen MR) is 137 cm³/mol. The van der Waals surface area contributed by atoms with Gasteiger partial charge in [0.25, 0.3) is 5.92 Å². The number of unbranched alkanes of at least 4 members (excludes halogenated alkanes) is 1. The highest BCUT2D eigenvalue weighted by Gasteiger charge is 2.21. The molecule has 0 radical (unpaired) electrons. The van der Waals surface area contributed by atoms with Gasteiger partial charge in [-0.15, -0.1) is 0 Å². The molecule has 1 saturated heterocycles. The first-order chi connectivity index (χ1) is 15.4. The van der Waals surface area contributed by atoms with Crippen LogP contribution in [-0.2, 0) is 4.74 Å². The number of halogens is 2. The Hall–Kier alpha value is -2.01. The van der Waals surface area contributed by atoms with Gasteiger partial charge in [0.05, 0.1) is 5.56 Å². The molecule has 0 atom stereocenters. The zero-order valence-electron chi connectivity index (χ0n) is 22.0. The van der Waals surface area contributed by atoms with E-state index in [4.69, 9.17) is 9.84 Å². The summed E-state index contributed by atoms with van der Waals surface area (Å²) >= 11 is 0. The largest absolute Gasteiger partial charge is 0.478 e. The first kappa shape index (κ1) is 33.2. The number of benzene rings is 1. The molecule has 190 valence electrons. The second-order valence-corrected chi connectivity index (χ2v) is 8.42. The maximum atomic E-state index is 12.0. The lowest BCUT2D eigenvalue weighted by molar-refractivity contribution is 0.0632. The second-order valence-electron chi connectivity index (χ2n) is 8.42. The van der Waals surface area contributed by atoms with Gasteiger partial charge in [0.2, 0.25) is 0 Å². The Morgan fingerprint density at radius 1 is 1.09 bits per heavy atom. The number of rotatable bonds is 5. The maximum Gasteiger partial charge on any atom is 0.335 e. The SMILES string of the molecule is C/C=C(\C)C(C)(F)F.CC1CCOCC1.CCC.CCCC=C(C)c1ccc(C(=O)O)cc1. The number of alkyl halides is 2. The summed E-state index contributed by atoms with van der Waals surface area (Å²) in [6.45, 7) is 16.6. The number of allylic oxidation sites excluding steroid dienone is 4. The summed E-state index contributed by atoms with van der Waals surface area (Å²) in [6.07, 6.45) is 9.56. The lowest BCUT2D eigenvalue weighted by atomic mass is 10.0. The average Bonchev–Trinajstić information content (AvgIpc) is 2.78. The van der Waals surface area contributed by atoms with E-state index in [1.165, 1.54) is 37.8 Å². The van der Waals surface area contributed by atoms with Crippen LogP contribution in [0.4, 0.5) is 8.78 Å². The lowest BCUT2D eigenvalue weighted by Crippen LogP contribution is -2.12. The van der Waals surface area contributed by atoms with Crippen LogP contribution in [0, 0.1) is 5.92 Å². The molecule has 1 aliphatic heterocycles. The number of hydrogen-bond donors (Lipinski definition) is 1. The zero-order valence-corrected chi connectivity index (χ0v) is 22.0. The van der Waals surface area contributed by atoms with E-state index in [0.29, 0.717) is 5.56 Å². The van der Waals surface area contributed by atoms with Gasteiger partial charge >= 0.3 is 5.97 Å². The molecule has 0 aromatic heterocycles. The van der Waals surface area contributed by atoms with Crippen LogP contribution in [0.25, 0.3) is 5.57 Å². The van der Waals surface area contributed by atoms with E-state index in [9.17, 15) is 13.6 Å². The van der Waals surface area contributed by atoms with Crippen molar-refractivity contribution in [3.05, 3.63) is 53.1 Å². The Morgan fingerprint density at radius 3 is 1.82 bits per heavy atom. The minimum Gasteiger partial charge on any atom is -0.478 e. The fourth-order valence-corrected chi connectivity index (χ4v) is 2.42. The molecule has 0 unspecified atom stereocenters. The molecule has 3 nitrogen and oxygen atoms in total. The second kappa shape index (κ2) is 19.5. The molecule has 1 aromatic carbocycles. The van der Waals surface area contributed by atoms with E-state index in [-0.39, 0.29) is 5.57 Å². The Morgan fingerprint density at radius 2 is 1.55 bits per heavy atom. The standard InChI is InChI=1S/C13H16O2.C6H10F2.C6H12O.C3H8/c1-3-4-5-10(2)11-6-8-12(9-7-11)13(14)15;1-4-5(2)6(3,7)8;1-6-2-4-7-5-3-6;1-3-2/h5-9H,3-4H2,1-2H3,(H,14,15);4H,1-3H3;6H,2-5H2,1H3;3H2,1-2H3/b;5-4+;;. The van der Waals surface area contributed by atoms with Crippen molar-refractivity contribution in [3.8, 4) is 0 Å². The molecule has 1 aliphatic rings. The highest BCUT2D eigenvalue weighted by molar-refractivity contribution is 5.88. The summed E-state index contributed by atoms with van der Waals surface area (Å²) in [6, 6.07) is 6.98. The third kappa shape index (κ3) is 18.1. The van der Waals surface area contributed by atoms with Crippen LogP contribution in [0.3, 0.4) is 0 Å². The van der Waals surface area contributed by atoms with Gasteiger partial charge in [-0.1, -0.05) is 64.8 Å². The van der Waals surface area contributed by atoms with E-state index >= 15 is 0 Å². The molecular formula is C28H46F2O3. The van der Waals surface area contributed by atoms with Crippen molar-refractivity contribution in [3.63, 3.8) is 0 Å². The van der Waals surface area contributed by atoms with Gasteiger partial charge in [-0.3, -0.25) is 0 Å². The minimum absolute atomic E-state index is 0.123. The van der Waals surface area contributed by atoms with Gasteiger partial charge in [-0.25, -0.2) is 13.6 Å². The van der Waals surface area contributed by atoms with E-state index in [1.54, 1.807) is 19.1 Å². The van der Waals surface area contributed by atoms with Gasteiger partial charge in [0, 0.05) is 20.1 Å². The van der Waals surface area contributed by atoms with Crippen molar-refractivity contribution in [2.45, 2.75) is 93.4 Å². The van der Waals surface area contributed by atoms with Crippen molar-refractivity contribution in [2.75, 3.05) is 13.2 Å². The number of carboxylic acids is 1. The molecule has 33 heavy (non-hydrogen) atoms. The van der Waals surface area contributed by atoms with Gasteiger partial charge in [0.1, 0.15) is 0 Å². The number of ether oxygens (including phenoxy) is 1. The lowest BCUT2D eigenvalue weighted by Gasteiger charge is -2.16. The Balaban J connectivity index is 0. The van der Waals surface area contributed by atoms with Crippen molar-refractivity contribution in [1.29, 1.82) is 0 Å². The van der Waals surface area contributed by atoms with Gasteiger partial charge in [0.15, 0.2) is 0 Å². The fraction of sp³-hybridized carbons (Fsp3) is 0.607. The van der Waals surface area contributed by atoms with E-state index in [0.717, 1.165) is 44.5 Å². The predicted octanol–water partition coefficient (Wildman–Crippen LogP) is 9.05. The van der Waals surface area contributed by atoms with Crippen LogP contribution in [0.15, 0.2) is 42.0 Å². The monoisotopic (exact) mass is 468 g/mol. The van der Waals surface area contributed by atoms with Gasteiger partial charge in [-0.2, -0.15) is 0 Å². The fourth-order valence-electron chi connectivity index (χ4n) is 2.42. The van der Waals surface area contributed by atoms with Gasteiger partial charge in [-0.05, 0) is 74.8 Å². The van der Waals surface area contributed by atoms with Crippen LogP contribution >= 0.6 is 0 Å². The highest BCUT2D eigenvalue weighted by atomic mass is 19.3. The summed E-state index contributed by atoms with van der Waals surface area (Å²) < 4.78 is 29.2. The summed E-state index contributed by atoms with van der Waals surface area (Å²) in [7, 11) is 0. The van der Waals surface area contributed by atoms with E-state index < -0.39 is 11.9 Å². The molecule has 0 bridgehead atoms. The third-order valence-electron chi connectivity index (χ3n) is 4.96. The first-order valence-electron chi connectivity index (χ1n) is 12.0. The number of carbonyl (C=O) groups is 1. The van der Waals surface area contributed by atoms with Crippen molar-refractivity contribution < 1.29 is 23.4 Å². The average molecular weight is 469 g/mol. The molecule has 0 amide bonds. The summed E-state index contributed by atoms with van der Waals surface area (Å²) in [5, 5.41) is 8.74. The summed E-state index contributed by atoms with van der Waals surface area (Å²) in [4.78, 5) is 10.6. The molecular weight excluding hydrogens is 422 g/mol. The van der Waals surface area contributed by atoms with Crippen molar-refractivity contribution >= 4 is 11.5 Å². The Bertz CT molecular complexity index is 680. The molecule has 1 aromatic rings. The zero-order chi connectivity index (χ0) is 25.9. The molecule has 2 rings (SSSR count). The molecule has 1 fully saturated rings. The van der Waals surface area contributed by atoms with Crippen LogP contribution < -0.4 is 0 Å². The van der Waals surface area contributed by atoms with Crippen molar-refractivity contribution in [2.24, 2.45) is 5.92 Å². The highest BCUT2D eigenvalue weighted by Crippen LogP contribution is 2.21. The number of aromatic carboxylic acids is 1. The summed E-state index contributed by atoms with van der Waals surface area (Å²) in [5.74, 6) is -2.60. The number of hydrogen-bond acceptors (Lipinski definition) is 2. The van der Waals surface area contributed by atoms with E-state index in [1.807, 2.05) is 19.1 Å². The van der Waals surface area contributed by atoms with Gasteiger partial charge < -0.3 is 9.84 Å². The quantitative estimate of drug-likeness (QED) is 0.438. The smallest absolute Gasteiger partial charge is 0.335 e. The third-order valence-corrected chi connectivity index (χ3v) is 4.96. The molecule has 1 heterocycles. The van der Waals surface area contributed by atoms with Crippen molar-refractivity contribution in [1.82, 2.24) is 0 Å².